The predicted octanol–water partition coefficient (Wildman–Crippen LogP) is 3.86. The van der Waals surface area contributed by atoms with Crippen molar-refractivity contribution < 1.29 is 9.53 Å². The highest BCUT2D eigenvalue weighted by Gasteiger charge is 2.53. The van der Waals surface area contributed by atoms with Crippen LogP contribution in [-0.4, -0.2) is 35.9 Å². The van der Waals surface area contributed by atoms with Crippen LogP contribution in [0.1, 0.15) is 43.3 Å². The first-order valence-electron chi connectivity index (χ1n) is 7.09. The van der Waals surface area contributed by atoms with Crippen molar-refractivity contribution in [1.29, 1.82) is 0 Å². The Bertz CT molecular complexity index is 526. The van der Waals surface area contributed by atoms with E-state index in [0.717, 1.165) is 12.8 Å². The molecule has 3 rings (SSSR count). The first kappa shape index (κ1) is 14.4. The van der Waals surface area contributed by atoms with Gasteiger partial charge in [-0.1, -0.05) is 11.6 Å². The molecule has 110 valence electrons. The highest BCUT2D eigenvalue weighted by atomic mass is 35.5. The number of rotatable bonds is 4. The van der Waals surface area contributed by atoms with Crippen LogP contribution in [0.5, 0.6) is 5.75 Å². The lowest BCUT2D eigenvalue weighted by Crippen LogP contribution is -2.66. The highest BCUT2D eigenvalue weighted by molar-refractivity contribution is 7.18. The number of ketones is 1. The van der Waals surface area contributed by atoms with E-state index < -0.39 is 0 Å². The Morgan fingerprint density at radius 1 is 1.50 bits per heavy atom. The van der Waals surface area contributed by atoms with Crippen LogP contribution in [0.2, 0.25) is 4.34 Å². The van der Waals surface area contributed by atoms with Crippen LogP contribution in [0.3, 0.4) is 0 Å². The molecular weight excluding hydrogens is 294 g/mol. The fourth-order valence-corrected chi connectivity index (χ4v) is 4.33. The van der Waals surface area contributed by atoms with Gasteiger partial charge < -0.3 is 4.74 Å². The molecule has 20 heavy (non-hydrogen) atoms. The molecule has 1 aromatic heterocycles. The number of Topliss-reactive ketones (excluding diaryl/α,β-unsaturated/α-hetero) is 1. The van der Waals surface area contributed by atoms with Crippen molar-refractivity contribution in [2.75, 3.05) is 13.1 Å². The monoisotopic (exact) mass is 313 g/mol. The van der Waals surface area contributed by atoms with Crippen LogP contribution in [0.4, 0.5) is 0 Å². The number of ether oxygens (including phenoxy) is 1. The Kier molecular flexibility index (Phi) is 3.59. The summed E-state index contributed by atoms with van der Waals surface area (Å²) in [7, 11) is 0. The number of hydrogen-bond donors (Lipinski definition) is 0. The van der Waals surface area contributed by atoms with Gasteiger partial charge in [0.1, 0.15) is 16.7 Å². The first-order chi connectivity index (χ1) is 9.38. The second-order valence-corrected chi connectivity index (χ2v) is 8.13. The zero-order valence-electron chi connectivity index (χ0n) is 12.1. The molecule has 0 bridgehead atoms. The van der Waals surface area contributed by atoms with Crippen molar-refractivity contribution in [3.05, 3.63) is 15.3 Å². The second-order valence-electron chi connectivity index (χ2n) is 6.45. The normalized spacial score (nSPS) is 21.9. The number of hydrogen-bond acceptors (Lipinski definition) is 4. The Labute approximate surface area is 128 Å². The third kappa shape index (κ3) is 2.49. The number of halogens is 1. The van der Waals surface area contributed by atoms with Gasteiger partial charge in [0.05, 0.1) is 4.34 Å². The van der Waals surface area contributed by atoms with Crippen LogP contribution in [0.25, 0.3) is 0 Å². The largest absolute Gasteiger partial charge is 0.489 e. The Morgan fingerprint density at radius 2 is 2.15 bits per heavy atom. The summed E-state index contributed by atoms with van der Waals surface area (Å²) >= 11 is 7.29. The number of carbonyl (C=O) groups is 1. The summed E-state index contributed by atoms with van der Waals surface area (Å²) in [5.74, 6) is 0.702. The van der Waals surface area contributed by atoms with Gasteiger partial charge in [0.25, 0.3) is 0 Å². The van der Waals surface area contributed by atoms with E-state index in [-0.39, 0.29) is 11.9 Å². The molecule has 0 unspecified atom stereocenters. The molecule has 2 aliphatic rings. The molecule has 1 saturated carbocycles. The lowest BCUT2D eigenvalue weighted by molar-refractivity contribution is -0.129. The summed E-state index contributed by atoms with van der Waals surface area (Å²) in [5.41, 5.74) is 0.477. The molecule has 1 aliphatic carbocycles. The van der Waals surface area contributed by atoms with E-state index in [0.29, 0.717) is 26.4 Å². The predicted molar refractivity (Wildman–Crippen MR) is 82.1 cm³/mol. The molecular formula is C15H20ClNO2S. The third-order valence-corrected chi connectivity index (χ3v) is 5.76. The van der Waals surface area contributed by atoms with Crippen LogP contribution in [0, 0.1) is 5.41 Å². The molecule has 5 heteroatoms. The molecule has 2 heterocycles. The SMILES string of the molecule is CC(=O)c1sc(Cl)cc1OC1CC2(C1)CN(C(C)C)C2. The van der Waals surface area contributed by atoms with Gasteiger partial charge in [-0.15, -0.1) is 11.3 Å². The van der Waals surface area contributed by atoms with Gasteiger partial charge >= 0.3 is 0 Å². The van der Waals surface area contributed by atoms with Crippen molar-refractivity contribution in [2.45, 2.75) is 45.8 Å². The van der Waals surface area contributed by atoms with E-state index in [9.17, 15) is 4.79 Å². The number of carbonyl (C=O) groups excluding carboxylic acids is 1. The Morgan fingerprint density at radius 3 is 2.70 bits per heavy atom. The minimum absolute atomic E-state index is 0.0283. The topological polar surface area (TPSA) is 29.5 Å². The molecule has 2 fully saturated rings. The maximum absolute atomic E-state index is 11.5. The fourth-order valence-electron chi connectivity index (χ4n) is 3.29. The van der Waals surface area contributed by atoms with Crippen molar-refractivity contribution in [1.82, 2.24) is 4.90 Å². The zero-order valence-corrected chi connectivity index (χ0v) is 13.7. The molecule has 3 nitrogen and oxygen atoms in total. The quantitative estimate of drug-likeness (QED) is 0.791. The summed E-state index contributed by atoms with van der Waals surface area (Å²) < 4.78 is 6.60. The second kappa shape index (κ2) is 5.00. The molecule has 1 spiro atoms. The van der Waals surface area contributed by atoms with Crippen molar-refractivity contribution in [3.8, 4) is 5.75 Å². The lowest BCUT2D eigenvalue weighted by Gasteiger charge is -2.60. The van der Waals surface area contributed by atoms with Crippen molar-refractivity contribution in [3.63, 3.8) is 0 Å². The maximum atomic E-state index is 11.5. The summed E-state index contributed by atoms with van der Waals surface area (Å²) in [6.07, 6.45) is 2.44. The first-order valence-corrected chi connectivity index (χ1v) is 8.29. The van der Waals surface area contributed by atoms with Gasteiger partial charge in [0, 0.05) is 37.5 Å². The number of likely N-dealkylation sites (tertiary alicyclic amines) is 1. The third-order valence-electron chi connectivity index (χ3n) is 4.41. The number of nitrogens with zero attached hydrogens (tertiary/aromatic N) is 1. The summed E-state index contributed by atoms with van der Waals surface area (Å²) in [6, 6.07) is 2.41. The van der Waals surface area contributed by atoms with Gasteiger partial charge in [-0.2, -0.15) is 0 Å². The van der Waals surface area contributed by atoms with Gasteiger partial charge in [-0.05, 0) is 26.7 Å². The van der Waals surface area contributed by atoms with Crippen LogP contribution >= 0.6 is 22.9 Å². The van der Waals surface area contributed by atoms with Gasteiger partial charge in [0.15, 0.2) is 5.78 Å². The van der Waals surface area contributed by atoms with Crippen LogP contribution in [0.15, 0.2) is 6.07 Å². The minimum Gasteiger partial charge on any atom is -0.489 e. The van der Waals surface area contributed by atoms with E-state index >= 15 is 0 Å². The van der Waals surface area contributed by atoms with Crippen LogP contribution in [-0.2, 0) is 0 Å². The number of thiophene rings is 1. The van der Waals surface area contributed by atoms with Gasteiger partial charge in [0.2, 0.25) is 0 Å². The maximum Gasteiger partial charge on any atom is 0.173 e. The molecule has 1 aromatic rings. The highest BCUT2D eigenvalue weighted by Crippen LogP contribution is 2.50. The average molecular weight is 314 g/mol. The average Bonchev–Trinajstić information content (AvgIpc) is 2.60. The van der Waals surface area contributed by atoms with Crippen molar-refractivity contribution in [2.24, 2.45) is 5.41 Å². The summed E-state index contributed by atoms with van der Waals surface area (Å²) in [5, 5.41) is 0. The van der Waals surface area contributed by atoms with Crippen molar-refractivity contribution >= 4 is 28.7 Å². The molecule has 1 saturated heterocycles. The van der Waals surface area contributed by atoms with E-state index in [2.05, 4.69) is 18.7 Å². The van der Waals surface area contributed by atoms with Gasteiger partial charge in [-0.25, -0.2) is 0 Å². The Hall–Kier alpha value is -0.580. The fraction of sp³-hybridized carbons (Fsp3) is 0.667. The summed E-state index contributed by atoms with van der Waals surface area (Å²) in [6.45, 7) is 8.42. The molecule has 1 aliphatic heterocycles. The molecule has 0 radical (unpaired) electrons. The summed E-state index contributed by atoms with van der Waals surface area (Å²) in [4.78, 5) is 14.7. The molecule has 0 amide bonds. The van der Waals surface area contributed by atoms with E-state index in [1.54, 1.807) is 13.0 Å². The molecule has 0 atom stereocenters. The van der Waals surface area contributed by atoms with Gasteiger partial charge in [-0.3, -0.25) is 9.69 Å². The van der Waals surface area contributed by atoms with E-state index in [4.69, 9.17) is 16.3 Å². The molecule has 0 N–H and O–H groups in total. The smallest absolute Gasteiger partial charge is 0.173 e. The van der Waals surface area contributed by atoms with E-state index in [1.165, 1.54) is 24.4 Å². The lowest BCUT2D eigenvalue weighted by atomic mass is 9.61. The van der Waals surface area contributed by atoms with E-state index in [1.807, 2.05) is 0 Å². The Balaban J connectivity index is 1.56. The standard InChI is InChI=1S/C15H20ClNO2S/c1-9(2)17-7-15(8-17)5-11(6-15)19-12-4-13(16)20-14(12)10(3)18/h4,9,11H,5-8H2,1-3H3. The van der Waals surface area contributed by atoms with Crippen LogP contribution < -0.4 is 4.74 Å². The minimum atomic E-state index is 0.0283. The zero-order chi connectivity index (χ0) is 14.5. The molecule has 0 aromatic carbocycles.